The Kier molecular flexibility index (Phi) is 4.88. The van der Waals surface area contributed by atoms with E-state index in [1.165, 1.54) is 6.20 Å². The van der Waals surface area contributed by atoms with Gasteiger partial charge < -0.3 is 10.4 Å². The van der Waals surface area contributed by atoms with Crippen molar-refractivity contribution in [3.8, 4) is 5.69 Å². The summed E-state index contributed by atoms with van der Waals surface area (Å²) in [5, 5.41) is 16.7. The third kappa shape index (κ3) is 3.43. The minimum Gasteiger partial charge on any atom is -0.481 e. The minimum absolute atomic E-state index is 0.164. The maximum atomic E-state index is 12.6. The first-order valence-electron chi connectivity index (χ1n) is 8.65. The Balaban J connectivity index is 1.74. The second-order valence-electron chi connectivity index (χ2n) is 6.72. The van der Waals surface area contributed by atoms with E-state index in [2.05, 4.69) is 10.4 Å². The molecule has 2 aromatic rings. The van der Waals surface area contributed by atoms with E-state index >= 15 is 0 Å². The molecule has 0 unspecified atom stereocenters. The summed E-state index contributed by atoms with van der Waals surface area (Å²) < 4.78 is 1.71. The minimum atomic E-state index is -0.836. The summed E-state index contributed by atoms with van der Waals surface area (Å²) in [5.74, 6) is -1.09. The van der Waals surface area contributed by atoms with Gasteiger partial charge in [0.1, 0.15) is 0 Å². The Morgan fingerprint density at radius 1 is 1.20 bits per heavy atom. The van der Waals surface area contributed by atoms with Gasteiger partial charge in [0.05, 0.1) is 28.6 Å². The van der Waals surface area contributed by atoms with E-state index in [4.69, 9.17) is 0 Å². The monoisotopic (exact) mass is 341 g/mol. The van der Waals surface area contributed by atoms with Gasteiger partial charge in [-0.05, 0) is 31.9 Å². The Bertz CT molecular complexity index is 761. The summed E-state index contributed by atoms with van der Waals surface area (Å²) in [4.78, 5) is 24.3. The molecule has 0 radical (unpaired) electrons. The third-order valence-electron chi connectivity index (χ3n) is 5.11. The lowest BCUT2D eigenvalue weighted by molar-refractivity contribution is -0.150. The van der Waals surface area contributed by atoms with Crippen LogP contribution in [0.1, 0.15) is 48.2 Å². The second-order valence-corrected chi connectivity index (χ2v) is 6.72. The van der Waals surface area contributed by atoms with Gasteiger partial charge in [-0.15, -0.1) is 0 Å². The van der Waals surface area contributed by atoms with E-state index in [0.29, 0.717) is 18.4 Å². The quantitative estimate of drug-likeness (QED) is 0.876. The van der Waals surface area contributed by atoms with Crippen molar-refractivity contribution in [3.05, 3.63) is 47.8 Å². The summed E-state index contributed by atoms with van der Waals surface area (Å²) in [6.07, 6.45) is 5.62. The van der Waals surface area contributed by atoms with E-state index in [1.54, 1.807) is 4.68 Å². The Morgan fingerprint density at radius 3 is 2.52 bits per heavy atom. The topological polar surface area (TPSA) is 84.2 Å². The number of benzene rings is 1. The number of carboxylic acid groups (broad SMARTS) is 1. The van der Waals surface area contributed by atoms with E-state index in [-0.39, 0.29) is 12.5 Å². The predicted octanol–water partition coefficient (Wildman–Crippen LogP) is 2.95. The molecule has 1 heterocycles. The van der Waals surface area contributed by atoms with Crippen molar-refractivity contribution >= 4 is 11.9 Å². The second kappa shape index (κ2) is 7.09. The van der Waals surface area contributed by atoms with Crippen LogP contribution in [0.3, 0.4) is 0 Å². The molecule has 1 aromatic carbocycles. The maximum Gasteiger partial charge on any atom is 0.311 e. The number of nitrogens with one attached hydrogen (secondary N) is 1. The number of hydrogen-bond acceptors (Lipinski definition) is 3. The summed E-state index contributed by atoms with van der Waals surface area (Å²) in [6, 6.07) is 9.59. The van der Waals surface area contributed by atoms with Gasteiger partial charge in [0.2, 0.25) is 0 Å². The van der Waals surface area contributed by atoms with Crippen LogP contribution in [0.4, 0.5) is 0 Å². The first-order valence-corrected chi connectivity index (χ1v) is 8.65. The number of aliphatic carboxylic acids is 1. The number of amides is 1. The summed E-state index contributed by atoms with van der Waals surface area (Å²) >= 11 is 0. The SMILES string of the molecule is Cc1c(C(=O)NCC2(C(=O)O)CCCCC2)cnn1-c1ccccc1. The molecule has 6 nitrogen and oxygen atoms in total. The molecule has 0 atom stereocenters. The zero-order valence-electron chi connectivity index (χ0n) is 14.4. The highest BCUT2D eigenvalue weighted by Crippen LogP contribution is 2.36. The third-order valence-corrected chi connectivity index (χ3v) is 5.11. The van der Waals surface area contributed by atoms with Crippen molar-refractivity contribution in [1.29, 1.82) is 0 Å². The van der Waals surface area contributed by atoms with Gasteiger partial charge >= 0.3 is 5.97 Å². The first kappa shape index (κ1) is 17.2. The summed E-state index contributed by atoms with van der Waals surface area (Å²) in [6.45, 7) is 2.00. The highest BCUT2D eigenvalue weighted by atomic mass is 16.4. The number of hydrogen-bond donors (Lipinski definition) is 2. The zero-order valence-corrected chi connectivity index (χ0v) is 14.4. The molecule has 1 aromatic heterocycles. The van der Waals surface area contributed by atoms with E-state index in [0.717, 1.165) is 30.6 Å². The molecule has 2 N–H and O–H groups in total. The number of aromatic nitrogens is 2. The van der Waals surface area contributed by atoms with Crippen LogP contribution in [0.15, 0.2) is 36.5 Å². The number of carbonyl (C=O) groups is 2. The van der Waals surface area contributed by atoms with Gasteiger partial charge in [0.25, 0.3) is 5.91 Å². The lowest BCUT2D eigenvalue weighted by Gasteiger charge is -2.33. The highest BCUT2D eigenvalue weighted by Gasteiger charge is 2.40. The van der Waals surface area contributed by atoms with Gasteiger partial charge in [-0.1, -0.05) is 37.5 Å². The Hall–Kier alpha value is -2.63. The molecule has 6 heteroatoms. The van der Waals surface area contributed by atoms with Gasteiger partial charge in [0.15, 0.2) is 0 Å². The predicted molar refractivity (Wildman–Crippen MR) is 93.8 cm³/mol. The summed E-state index contributed by atoms with van der Waals surface area (Å²) in [5.41, 5.74) is 1.25. The fourth-order valence-electron chi connectivity index (χ4n) is 3.50. The van der Waals surface area contributed by atoms with Crippen molar-refractivity contribution in [2.24, 2.45) is 5.41 Å². The average Bonchev–Trinajstić information content (AvgIpc) is 3.02. The van der Waals surface area contributed by atoms with Crippen LogP contribution in [0.25, 0.3) is 5.69 Å². The number of carbonyl (C=O) groups excluding carboxylic acids is 1. The Labute approximate surface area is 146 Å². The van der Waals surface area contributed by atoms with Crippen molar-refractivity contribution in [2.75, 3.05) is 6.54 Å². The molecule has 25 heavy (non-hydrogen) atoms. The van der Waals surface area contributed by atoms with Crippen molar-refractivity contribution < 1.29 is 14.7 Å². The van der Waals surface area contributed by atoms with E-state index in [9.17, 15) is 14.7 Å². The smallest absolute Gasteiger partial charge is 0.311 e. The van der Waals surface area contributed by atoms with Gasteiger partial charge in [-0.25, -0.2) is 4.68 Å². The Morgan fingerprint density at radius 2 is 1.88 bits per heavy atom. The lowest BCUT2D eigenvalue weighted by atomic mass is 9.74. The normalized spacial score (nSPS) is 16.4. The molecule has 0 saturated heterocycles. The molecular formula is C19H23N3O3. The molecule has 0 aliphatic heterocycles. The van der Waals surface area contributed by atoms with Crippen LogP contribution in [0, 0.1) is 12.3 Å². The lowest BCUT2D eigenvalue weighted by Crippen LogP contribution is -2.44. The molecule has 3 rings (SSSR count). The van der Waals surface area contributed by atoms with Crippen LogP contribution >= 0.6 is 0 Å². The highest BCUT2D eigenvalue weighted by molar-refractivity contribution is 5.95. The molecule has 132 valence electrons. The largest absolute Gasteiger partial charge is 0.481 e. The van der Waals surface area contributed by atoms with Crippen molar-refractivity contribution in [1.82, 2.24) is 15.1 Å². The van der Waals surface area contributed by atoms with Crippen molar-refractivity contribution in [3.63, 3.8) is 0 Å². The van der Waals surface area contributed by atoms with Gasteiger partial charge in [0, 0.05) is 6.54 Å². The number of para-hydroxylation sites is 1. The molecule has 1 amide bonds. The van der Waals surface area contributed by atoms with Crippen LogP contribution in [-0.4, -0.2) is 33.3 Å². The molecule has 1 aliphatic rings. The number of nitrogens with zero attached hydrogens (tertiary/aromatic N) is 2. The zero-order chi connectivity index (χ0) is 17.9. The molecule has 0 bridgehead atoms. The van der Waals surface area contributed by atoms with E-state index in [1.807, 2.05) is 37.3 Å². The first-order chi connectivity index (χ1) is 12.0. The van der Waals surface area contributed by atoms with Crippen LogP contribution in [0.5, 0.6) is 0 Å². The molecule has 0 spiro atoms. The molecule has 1 fully saturated rings. The van der Waals surface area contributed by atoms with Crippen LogP contribution in [0.2, 0.25) is 0 Å². The van der Waals surface area contributed by atoms with E-state index < -0.39 is 11.4 Å². The fraction of sp³-hybridized carbons (Fsp3) is 0.421. The number of carboxylic acids is 1. The molecular weight excluding hydrogens is 318 g/mol. The van der Waals surface area contributed by atoms with Gasteiger partial charge in [-0.2, -0.15) is 5.10 Å². The maximum absolute atomic E-state index is 12.6. The van der Waals surface area contributed by atoms with Gasteiger partial charge in [-0.3, -0.25) is 9.59 Å². The van der Waals surface area contributed by atoms with Crippen molar-refractivity contribution in [2.45, 2.75) is 39.0 Å². The van der Waals surface area contributed by atoms with Crippen LogP contribution < -0.4 is 5.32 Å². The summed E-state index contributed by atoms with van der Waals surface area (Å²) in [7, 11) is 0. The number of rotatable bonds is 5. The molecule has 1 saturated carbocycles. The standard InChI is InChI=1S/C19H23N3O3/c1-14-16(12-21-22(14)15-8-4-2-5-9-15)17(23)20-13-19(18(24)25)10-6-3-7-11-19/h2,4-5,8-9,12H,3,6-7,10-11,13H2,1H3,(H,20,23)(H,24,25). The average molecular weight is 341 g/mol. The molecule has 1 aliphatic carbocycles. The fourth-order valence-corrected chi connectivity index (χ4v) is 3.50. The van der Waals surface area contributed by atoms with Crippen LogP contribution in [-0.2, 0) is 4.79 Å².